The summed E-state index contributed by atoms with van der Waals surface area (Å²) >= 11 is 8.07. The highest BCUT2D eigenvalue weighted by Gasteiger charge is 2.44. The summed E-state index contributed by atoms with van der Waals surface area (Å²) < 4.78 is 7.17. The molecule has 11 heteroatoms. The monoisotopic (exact) mass is 539 g/mol. The highest BCUT2D eigenvalue weighted by atomic mass is 35.5. The molecule has 1 aliphatic carbocycles. The largest absolute Gasteiger partial charge is 0.374 e. The number of hydrogen-bond acceptors (Lipinski definition) is 8. The van der Waals surface area contributed by atoms with Crippen molar-refractivity contribution in [1.29, 1.82) is 0 Å². The van der Waals surface area contributed by atoms with Crippen molar-refractivity contribution in [2.24, 2.45) is 5.92 Å². The summed E-state index contributed by atoms with van der Waals surface area (Å²) in [7, 11) is 0. The van der Waals surface area contributed by atoms with E-state index in [1.54, 1.807) is 11.3 Å². The first kappa shape index (κ1) is 23.3. The quantitative estimate of drug-likeness (QED) is 0.541. The van der Waals surface area contributed by atoms with Crippen LogP contribution in [0.3, 0.4) is 0 Å². The standard InChI is InChI=1S/C26H26ClN5O4S/c1-26(2)8-18(33)21-16(27)7-17(25(35)32(21)26)30-22-20-15-4-3-12(5-19(15)37-23(20)29-11-28-22)24(34)31-9-14-6-13(31)10-36-14/h7,11-14H,3-6,8-10H2,1-2H3,(H,28,29,30)/t12-,13+,14+/m0/s1. The third kappa shape index (κ3) is 3.49. The molecule has 2 fully saturated rings. The van der Waals surface area contributed by atoms with Crippen LogP contribution < -0.4 is 10.9 Å². The summed E-state index contributed by atoms with van der Waals surface area (Å²) in [5.41, 5.74) is 0.709. The van der Waals surface area contributed by atoms with Gasteiger partial charge in [-0.25, -0.2) is 9.97 Å². The second-order valence-electron chi connectivity index (χ2n) is 11.1. The number of fused-ring (bicyclic) bond motifs is 6. The topological polar surface area (TPSA) is 106 Å². The van der Waals surface area contributed by atoms with Crippen molar-refractivity contribution in [2.75, 3.05) is 18.5 Å². The molecular formula is C26H26ClN5O4S. The predicted octanol–water partition coefficient (Wildman–Crippen LogP) is 3.68. The van der Waals surface area contributed by atoms with E-state index in [-0.39, 0.29) is 58.1 Å². The minimum absolute atomic E-state index is 0.0378. The molecule has 6 heterocycles. The van der Waals surface area contributed by atoms with Crippen LogP contribution in [0.1, 0.15) is 54.0 Å². The van der Waals surface area contributed by atoms with E-state index in [2.05, 4.69) is 15.3 Å². The number of ether oxygens (including phenoxy) is 1. The SMILES string of the molecule is CC1(C)CC(=O)c2c(Cl)cc(Nc3ncnc4sc5c(c34)CC[C@H](C(=O)N3C[C@H]4C[C@@H]3CO4)C5)c(=O)n21. The Labute approximate surface area is 221 Å². The number of carbonyl (C=O) groups is 2. The van der Waals surface area contributed by atoms with Gasteiger partial charge in [0.2, 0.25) is 5.91 Å². The number of aryl methyl sites for hydroxylation is 1. The van der Waals surface area contributed by atoms with Crippen molar-refractivity contribution in [3.63, 3.8) is 0 Å². The Morgan fingerprint density at radius 3 is 2.89 bits per heavy atom. The molecule has 3 atom stereocenters. The van der Waals surface area contributed by atoms with Crippen molar-refractivity contribution >= 4 is 56.4 Å². The van der Waals surface area contributed by atoms with Gasteiger partial charge in [0.15, 0.2) is 5.78 Å². The molecule has 3 aromatic rings. The smallest absolute Gasteiger partial charge is 0.275 e. The first-order chi connectivity index (χ1) is 17.7. The number of likely N-dealkylation sites (tertiary alicyclic amines) is 1. The maximum atomic E-state index is 13.4. The molecule has 0 aromatic carbocycles. The van der Waals surface area contributed by atoms with Crippen molar-refractivity contribution in [3.8, 4) is 0 Å². The zero-order valence-corrected chi connectivity index (χ0v) is 22.1. The lowest BCUT2D eigenvalue weighted by atomic mass is 9.86. The Balaban J connectivity index is 1.22. The van der Waals surface area contributed by atoms with E-state index in [1.807, 2.05) is 18.7 Å². The molecule has 1 amide bonds. The van der Waals surface area contributed by atoms with E-state index >= 15 is 0 Å². The van der Waals surface area contributed by atoms with Crippen LogP contribution in [0.25, 0.3) is 10.2 Å². The number of rotatable bonds is 3. The summed E-state index contributed by atoms with van der Waals surface area (Å²) in [4.78, 5) is 52.2. The van der Waals surface area contributed by atoms with Crippen molar-refractivity contribution in [1.82, 2.24) is 19.4 Å². The summed E-state index contributed by atoms with van der Waals surface area (Å²) in [5.74, 6) is 0.607. The molecule has 0 unspecified atom stereocenters. The van der Waals surface area contributed by atoms with E-state index in [4.69, 9.17) is 16.3 Å². The zero-order chi connectivity index (χ0) is 25.6. The van der Waals surface area contributed by atoms with E-state index in [9.17, 15) is 14.4 Å². The Morgan fingerprint density at radius 1 is 1.30 bits per heavy atom. The molecule has 1 N–H and O–H groups in total. The van der Waals surface area contributed by atoms with Gasteiger partial charge >= 0.3 is 0 Å². The molecule has 0 saturated carbocycles. The number of pyridine rings is 1. The van der Waals surface area contributed by atoms with Crippen molar-refractivity contribution < 1.29 is 14.3 Å². The number of nitrogens with zero attached hydrogens (tertiary/aromatic N) is 4. The molecule has 3 aromatic heterocycles. The van der Waals surface area contributed by atoms with Gasteiger partial charge < -0.3 is 15.0 Å². The molecule has 9 nitrogen and oxygen atoms in total. The number of nitrogens with one attached hydrogen (secondary N) is 1. The Hall–Kier alpha value is -2.82. The maximum absolute atomic E-state index is 13.4. The van der Waals surface area contributed by atoms with Crippen molar-refractivity contribution in [2.45, 2.75) is 63.6 Å². The summed E-state index contributed by atoms with van der Waals surface area (Å²) in [6.45, 7) is 5.08. The second-order valence-corrected chi connectivity index (χ2v) is 12.6. The average molecular weight is 540 g/mol. The van der Waals surface area contributed by atoms with Gasteiger partial charge in [0.25, 0.3) is 5.56 Å². The van der Waals surface area contributed by atoms with Gasteiger partial charge in [0.05, 0.1) is 34.7 Å². The lowest BCUT2D eigenvalue weighted by Gasteiger charge is -2.32. The molecule has 0 radical (unpaired) electrons. The van der Waals surface area contributed by atoms with E-state index in [0.29, 0.717) is 25.4 Å². The molecular weight excluding hydrogens is 514 g/mol. The zero-order valence-electron chi connectivity index (χ0n) is 20.5. The molecule has 7 rings (SSSR count). The number of Topliss-reactive ketones (excluding diaryl/α,β-unsaturated/α-hetero) is 1. The molecule has 4 aliphatic rings. The maximum Gasteiger partial charge on any atom is 0.275 e. The third-order valence-corrected chi connectivity index (χ3v) is 9.70. The molecule has 2 saturated heterocycles. The van der Waals surface area contributed by atoms with Gasteiger partial charge in [-0.1, -0.05) is 11.6 Å². The van der Waals surface area contributed by atoms with E-state index < -0.39 is 5.54 Å². The summed E-state index contributed by atoms with van der Waals surface area (Å²) in [5, 5.41) is 4.34. The minimum atomic E-state index is -0.657. The van der Waals surface area contributed by atoms with Gasteiger partial charge in [0, 0.05) is 23.8 Å². The minimum Gasteiger partial charge on any atom is -0.374 e. The van der Waals surface area contributed by atoms with Gasteiger partial charge in [-0.05, 0) is 51.2 Å². The fourth-order valence-corrected chi connectivity index (χ4v) is 8.08. The highest BCUT2D eigenvalue weighted by Crippen LogP contribution is 2.42. The second kappa shape index (κ2) is 8.09. The normalized spacial score (nSPS) is 25.5. The fraction of sp³-hybridized carbons (Fsp3) is 0.500. The first-order valence-corrected chi connectivity index (χ1v) is 13.8. The number of aromatic nitrogens is 3. The number of anilines is 2. The number of carbonyl (C=O) groups excluding carboxylic acids is 2. The highest BCUT2D eigenvalue weighted by molar-refractivity contribution is 7.19. The number of hydrogen-bond donors (Lipinski definition) is 1. The molecule has 3 aliphatic heterocycles. The lowest BCUT2D eigenvalue weighted by Crippen LogP contribution is -2.45. The predicted molar refractivity (Wildman–Crippen MR) is 140 cm³/mol. The van der Waals surface area contributed by atoms with E-state index in [1.165, 1.54) is 17.0 Å². The fourth-order valence-electron chi connectivity index (χ4n) is 6.51. The van der Waals surface area contributed by atoms with Crippen molar-refractivity contribution in [3.05, 3.63) is 43.9 Å². The Bertz CT molecular complexity index is 1560. The van der Waals surface area contributed by atoms with Gasteiger partial charge in [0.1, 0.15) is 28.4 Å². The third-order valence-electron chi connectivity index (χ3n) is 8.25. The molecule has 2 bridgehead atoms. The first-order valence-electron chi connectivity index (χ1n) is 12.6. The number of amides is 1. The van der Waals surface area contributed by atoms with Gasteiger partial charge in [-0.3, -0.25) is 19.0 Å². The summed E-state index contributed by atoms with van der Waals surface area (Å²) in [6.07, 6.45) is 5.06. The van der Waals surface area contributed by atoms with Crippen LogP contribution in [-0.2, 0) is 27.9 Å². The Morgan fingerprint density at radius 2 is 2.14 bits per heavy atom. The van der Waals surface area contributed by atoms with Crippen LogP contribution in [0.5, 0.6) is 0 Å². The lowest BCUT2D eigenvalue weighted by molar-refractivity contribution is -0.140. The van der Waals surface area contributed by atoms with Crippen LogP contribution in [0.15, 0.2) is 17.2 Å². The Kier molecular flexibility index (Phi) is 5.09. The van der Waals surface area contributed by atoms with Crippen LogP contribution >= 0.6 is 22.9 Å². The van der Waals surface area contributed by atoms with E-state index in [0.717, 1.165) is 39.9 Å². The van der Waals surface area contributed by atoms with Crippen LogP contribution in [0, 0.1) is 5.92 Å². The summed E-state index contributed by atoms with van der Waals surface area (Å²) in [6, 6.07) is 1.74. The number of halogens is 1. The molecule has 0 spiro atoms. The number of thiophene rings is 1. The average Bonchev–Trinajstić information content (AvgIpc) is 3.62. The molecule has 192 valence electrons. The van der Waals surface area contributed by atoms with Gasteiger partial charge in [-0.2, -0.15) is 0 Å². The number of morpholine rings is 1. The molecule has 37 heavy (non-hydrogen) atoms. The van der Waals surface area contributed by atoms with Crippen LogP contribution in [0.4, 0.5) is 11.5 Å². The van der Waals surface area contributed by atoms with Crippen LogP contribution in [-0.4, -0.2) is 56.4 Å². The van der Waals surface area contributed by atoms with Gasteiger partial charge in [-0.15, -0.1) is 11.3 Å². The van der Waals surface area contributed by atoms with Crippen LogP contribution in [0.2, 0.25) is 5.02 Å². The number of ketones is 1.